The smallest absolute Gasteiger partial charge is 0.317 e. The lowest BCUT2D eigenvalue weighted by atomic mass is 9.92. The van der Waals surface area contributed by atoms with Crippen molar-refractivity contribution in [3.63, 3.8) is 0 Å². The Labute approximate surface area is 128 Å². The van der Waals surface area contributed by atoms with Crippen LogP contribution < -0.4 is 15.8 Å². The highest BCUT2D eigenvalue weighted by Gasteiger charge is 2.42. The number of carbonyl (C=O) groups is 1. The molecule has 1 heterocycles. The van der Waals surface area contributed by atoms with Crippen LogP contribution in [0.1, 0.15) is 44.9 Å². The Morgan fingerprint density at radius 2 is 1.60 bits per heavy atom. The van der Waals surface area contributed by atoms with Crippen LogP contribution in [0.15, 0.2) is 28.7 Å². The van der Waals surface area contributed by atoms with Gasteiger partial charge in [0.2, 0.25) is 0 Å². The first kappa shape index (κ1) is 13.9. The SMILES string of the molecule is O=C1NC2(CCCCCCC2)NN1c1ccc(Br)cc1. The number of benzene rings is 1. The molecule has 3 rings (SSSR count). The quantitative estimate of drug-likeness (QED) is 0.815. The lowest BCUT2D eigenvalue weighted by Gasteiger charge is -2.31. The number of anilines is 1. The van der Waals surface area contributed by atoms with E-state index in [2.05, 4.69) is 26.7 Å². The van der Waals surface area contributed by atoms with Gasteiger partial charge in [-0.05, 0) is 49.9 Å². The Balaban J connectivity index is 1.78. The zero-order chi connectivity index (χ0) is 14.0. The highest BCUT2D eigenvalue weighted by Crippen LogP contribution is 2.30. The highest BCUT2D eigenvalue weighted by molar-refractivity contribution is 9.10. The molecule has 1 aromatic carbocycles. The molecule has 0 bridgehead atoms. The maximum atomic E-state index is 12.3. The summed E-state index contributed by atoms with van der Waals surface area (Å²) in [4.78, 5) is 12.3. The molecule has 1 saturated carbocycles. The number of urea groups is 1. The molecule has 2 amide bonds. The fraction of sp³-hybridized carbons (Fsp3) is 0.533. The van der Waals surface area contributed by atoms with Crippen LogP contribution in [-0.4, -0.2) is 11.7 Å². The standard InChI is InChI=1S/C15H20BrN3O/c16-12-6-8-13(9-7-12)19-14(20)17-15(18-19)10-4-2-1-3-5-11-15/h6-9,18H,1-5,10-11H2,(H,17,20). The molecule has 1 aromatic rings. The molecule has 1 spiro atoms. The second kappa shape index (κ2) is 5.74. The number of hydrogen-bond donors (Lipinski definition) is 2. The minimum Gasteiger partial charge on any atom is -0.317 e. The Bertz CT molecular complexity index is 480. The first-order chi connectivity index (χ1) is 9.69. The fourth-order valence-corrected chi connectivity index (χ4v) is 3.34. The van der Waals surface area contributed by atoms with E-state index in [4.69, 9.17) is 0 Å². The van der Waals surface area contributed by atoms with Crippen LogP contribution in [0.3, 0.4) is 0 Å². The molecule has 0 atom stereocenters. The van der Waals surface area contributed by atoms with Crippen molar-refractivity contribution < 1.29 is 4.79 Å². The summed E-state index contributed by atoms with van der Waals surface area (Å²) in [6.07, 6.45) is 8.19. The van der Waals surface area contributed by atoms with Crippen molar-refractivity contribution in [2.45, 2.75) is 50.6 Å². The first-order valence-electron chi connectivity index (χ1n) is 7.34. The third-order valence-electron chi connectivity index (χ3n) is 4.17. The van der Waals surface area contributed by atoms with Gasteiger partial charge >= 0.3 is 6.03 Å². The Morgan fingerprint density at radius 1 is 1.00 bits per heavy atom. The maximum absolute atomic E-state index is 12.3. The summed E-state index contributed by atoms with van der Waals surface area (Å²) < 4.78 is 1.02. The van der Waals surface area contributed by atoms with E-state index in [0.29, 0.717) is 0 Å². The number of carbonyl (C=O) groups excluding carboxylic acids is 1. The average molecular weight is 338 g/mol. The Morgan fingerprint density at radius 3 is 2.25 bits per heavy atom. The van der Waals surface area contributed by atoms with E-state index in [1.54, 1.807) is 5.01 Å². The third-order valence-corrected chi connectivity index (χ3v) is 4.70. The minimum atomic E-state index is -0.245. The van der Waals surface area contributed by atoms with E-state index in [-0.39, 0.29) is 11.7 Å². The number of amides is 2. The fourth-order valence-electron chi connectivity index (χ4n) is 3.07. The van der Waals surface area contributed by atoms with Crippen molar-refractivity contribution in [1.82, 2.24) is 10.7 Å². The molecular weight excluding hydrogens is 318 g/mol. The van der Waals surface area contributed by atoms with E-state index in [9.17, 15) is 4.79 Å². The zero-order valence-electron chi connectivity index (χ0n) is 11.5. The normalized spacial score (nSPS) is 22.4. The van der Waals surface area contributed by atoms with Gasteiger partial charge in [0.15, 0.2) is 0 Å². The molecular formula is C15H20BrN3O. The second-order valence-electron chi connectivity index (χ2n) is 5.70. The predicted octanol–water partition coefficient (Wildman–Crippen LogP) is 3.92. The molecule has 0 aromatic heterocycles. The topological polar surface area (TPSA) is 44.4 Å². The molecule has 5 heteroatoms. The predicted molar refractivity (Wildman–Crippen MR) is 83.3 cm³/mol. The van der Waals surface area contributed by atoms with E-state index in [1.165, 1.54) is 32.1 Å². The summed E-state index contributed by atoms with van der Waals surface area (Å²) in [5.74, 6) is 0. The summed E-state index contributed by atoms with van der Waals surface area (Å²) in [7, 11) is 0. The molecule has 1 saturated heterocycles. The van der Waals surface area contributed by atoms with Gasteiger partial charge in [0, 0.05) is 4.47 Å². The summed E-state index contributed by atoms with van der Waals surface area (Å²) in [6.45, 7) is 0. The lowest BCUT2D eigenvalue weighted by Crippen LogP contribution is -2.51. The maximum Gasteiger partial charge on any atom is 0.338 e. The Kier molecular flexibility index (Phi) is 3.98. The highest BCUT2D eigenvalue weighted by atomic mass is 79.9. The van der Waals surface area contributed by atoms with Gasteiger partial charge in [-0.2, -0.15) is 0 Å². The number of halogens is 1. The molecule has 0 radical (unpaired) electrons. The van der Waals surface area contributed by atoms with E-state index in [1.807, 2.05) is 24.3 Å². The van der Waals surface area contributed by atoms with Crippen molar-refractivity contribution in [3.05, 3.63) is 28.7 Å². The van der Waals surface area contributed by atoms with Crippen LogP contribution in [-0.2, 0) is 0 Å². The zero-order valence-corrected chi connectivity index (χ0v) is 13.1. The van der Waals surface area contributed by atoms with Crippen LogP contribution in [0.5, 0.6) is 0 Å². The van der Waals surface area contributed by atoms with Crippen LogP contribution in [0, 0.1) is 0 Å². The van der Waals surface area contributed by atoms with Crippen LogP contribution in [0.25, 0.3) is 0 Å². The van der Waals surface area contributed by atoms with Crippen molar-refractivity contribution in [2.75, 3.05) is 5.01 Å². The van der Waals surface area contributed by atoms with Crippen molar-refractivity contribution >= 4 is 27.6 Å². The number of rotatable bonds is 1. The molecule has 0 unspecified atom stereocenters. The lowest BCUT2D eigenvalue weighted by molar-refractivity contribution is 0.232. The Hall–Kier alpha value is -1.07. The number of hydrazine groups is 1. The largest absolute Gasteiger partial charge is 0.338 e. The average Bonchev–Trinajstić information content (AvgIpc) is 2.74. The van der Waals surface area contributed by atoms with Gasteiger partial charge in [0.25, 0.3) is 0 Å². The summed E-state index contributed by atoms with van der Waals surface area (Å²) in [5, 5.41) is 4.81. The van der Waals surface area contributed by atoms with Crippen molar-refractivity contribution in [1.29, 1.82) is 0 Å². The minimum absolute atomic E-state index is 0.0482. The van der Waals surface area contributed by atoms with E-state index < -0.39 is 0 Å². The van der Waals surface area contributed by atoms with E-state index in [0.717, 1.165) is 23.0 Å². The molecule has 1 aliphatic carbocycles. The van der Waals surface area contributed by atoms with Gasteiger partial charge in [-0.3, -0.25) is 0 Å². The van der Waals surface area contributed by atoms with Crippen molar-refractivity contribution in [2.24, 2.45) is 0 Å². The molecule has 108 valence electrons. The first-order valence-corrected chi connectivity index (χ1v) is 8.14. The van der Waals surface area contributed by atoms with Crippen LogP contribution >= 0.6 is 15.9 Å². The molecule has 2 fully saturated rings. The number of nitrogens with zero attached hydrogens (tertiary/aromatic N) is 1. The number of nitrogens with one attached hydrogen (secondary N) is 2. The monoisotopic (exact) mass is 337 g/mol. The molecule has 2 N–H and O–H groups in total. The van der Waals surface area contributed by atoms with Gasteiger partial charge in [-0.25, -0.2) is 15.2 Å². The molecule has 20 heavy (non-hydrogen) atoms. The van der Waals surface area contributed by atoms with Gasteiger partial charge in [0.05, 0.1) is 5.69 Å². The van der Waals surface area contributed by atoms with E-state index >= 15 is 0 Å². The third kappa shape index (κ3) is 2.83. The van der Waals surface area contributed by atoms with Gasteiger partial charge in [-0.1, -0.05) is 35.2 Å². The second-order valence-corrected chi connectivity index (χ2v) is 6.62. The molecule has 1 aliphatic heterocycles. The number of hydrogen-bond acceptors (Lipinski definition) is 2. The van der Waals surface area contributed by atoms with Crippen LogP contribution in [0.4, 0.5) is 10.5 Å². The summed E-state index contributed by atoms with van der Waals surface area (Å²) in [5.41, 5.74) is 4.05. The summed E-state index contributed by atoms with van der Waals surface area (Å²) >= 11 is 3.42. The molecule has 2 aliphatic rings. The van der Waals surface area contributed by atoms with Gasteiger partial charge in [0.1, 0.15) is 5.66 Å². The van der Waals surface area contributed by atoms with Crippen LogP contribution in [0.2, 0.25) is 0 Å². The van der Waals surface area contributed by atoms with Gasteiger partial charge in [-0.15, -0.1) is 0 Å². The molecule has 4 nitrogen and oxygen atoms in total. The van der Waals surface area contributed by atoms with Gasteiger partial charge < -0.3 is 5.32 Å². The summed E-state index contributed by atoms with van der Waals surface area (Å²) in [6, 6.07) is 7.74. The van der Waals surface area contributed by atoms with Crippen molar-refractivity contribution in [3.8, 4) is 0 Å².